The highest BCUT2D eigenvalue weighted by atomic mass is 35.5. The summed E-state index contributed by atoms with van der Waals surface area (Å²) in [6, 6.07) is 9.45. The van der Waals surface area contributed by atoms with Gasteiger partial charge in [-0.1, -0.05) is 11.6 Å². The molecule has 5 heteroatoms. The van der Waals surface area contributed by atoms with Gasteiger partial charge in [0.25, 0.3) is 0 Å². The van der Waals surface area contributed by atoms with Crippen molar-refractivity contribution in [3.05, 3.63) is 48.0 Å². The summed E-state index contributed by atoms with van der Waals surface area (Å²) in [5.41, 5.74) is 9.01. The number of nitrogen functional groups attached to an aromatic ring is 1. The quantitative estimate of drug-likeness (QED) is 0.529. The van der Waals surface area contributed by atoms with Crippen LogP contribution in [0.25, 0.3) is 16.7 Å². The lowest BCUT2D eigenvalue weighted by atomic mass is 10.3. The van der Waals surface area contributed by atoms with Gasteiger partial charge in [0.2, 0.25) is 0 Å². The zero-order valence-corrected chi connectivity index (χ0v) is 9.59. The third-order valence-corrected chi connectivity index (χ3v) is 2.87. The maximum absolute atomic E-state index is 5.98. The first-order valence-corrected chi connectivity index (χ1v) is 5.47. The summed E-state index contributed by atoms with van der Waals surface area (Å²) in [6.45, 7) is 0. The Balaban J connectivity index is 2.24. The number of benzene rings is 1. The minimum absolute atomic E-state index is 0.414. The normalized spacial score (nSPS) is 10.9. The van der Waals surface area contributed by atoms with Crippen LogP contribution in [-0.2, 0) is 0 Å². The molecular weight excluding hydrogens is 236 g/mol. The molecule has 0 spiro atoms. The van der Waals surface area contributed by atoms with Crippen LogP contribution in [0, 0.1) is 0 Å². The van der Waals surface area contributed by atoms with E-state index in [9.17, 15) is 0 Å². The third kappa shape index (κ3) is 1.62. The molecule has 2 aromatic heterocycles. The van der Waals surface area contributed by atoms with Crippen LogP contribution in [-0.4, -0.2) is 14.5 Å². The number of fused-ring (bicyclic) bond motifs is 1. The Bertz CT molecular complexity index is 673. The summed E-state index contributed by atoms with van der Waals surface area (Å²) in [7, 11) is 0. The molecule has 0 saturated carbocycles. The first kappa shape index (κ1) is 10.1. The molecule has 0 saturated heterocycles. The average molecular weight is 245 g/mol. The molecule has 84 valence electrons. The molecule has 0 aliphatic carbocycles. The number of imidazole rings is 1. The Labute approximate surface area is 103 Å². The van der Waals surface area contributed by atoms with Crippen LogP contribution >= 0.6 is 11.6 Å². The molecule has 1 aromatic carbocycles. The zero-order chi connectivity index (χ0) is 11.8. The van der Waals surface area contributed by atoms with Crippen LogP contribution in [0.5, 0.6) is 0 Å². The lowest BCUT2D eigenvalue weighted by Crippen LogP contribution is -1.92. The van der Waals surface area contributed by atoms with Crippen LogP contribution in [0.15, 0.2) is 42.9 Å². The second-order valence-corrected chi connectivity index (χ2v) is 4.03. The second kappa shape index (κ2) is 3.75. The molecule has 2 N–H and O–H groups in total. The van der Waals surface area contributed by atoms with Crippen molar-refractivity contribution in [2.45, 2.75) is 0 Å². The first-order chi connectivity index (χ1) is 8.25. The molecule has 0 aliphatic rings. The minimum atomic E-state index is 0.414. The van der Waals surface area contributed by atoms with Gasteiger partial charge in [0.15, 0.2) is 5.15 Å². The van der Waals surface area contributed by atoms with Crippen LogP contribution in [0.4, 0.5) is 5.69 Å². The van der Waals surface area contributed by atoms with E-state index < -0.39 is 0 Å². The van der Waals surface area contributed by atoms with Gasteiger partial charge in [-0.15, -0.1) is 0 Å². The number of nitrogens with zero attached hydrogens (tertiary/aromatic N) is 3. The van der Waals surface area contributed by atoms with Crippen LogP contribution in [0.2, 0.25) is 5.15 Å². The van der Waals surface area contributed by atoms with Gasteiger partial charge in [-0.3, -0.25) is 4.57 Å². The van der Waals surface area contributed by atoms with Gasteiger partial charge in [0.1, 0.15) is 11.8 Å². The summed E-state index contributed by atoms with van der Waals surface area (Å²) < 4.78 is 1.95. The maximum Gasteiger partial charge on any atom is 0.156 e. The summed E-state index contributed by atoms with van der Waals surface area (Å²) in [5, 5.41) is 0.414. The lowest BCUT2D eigenvalue weighted by Gasteiger charge is -2.04. The largest absolute Gasteiger partial charge is 0.399 e. The summed E-state index contributed by atoms with van der Waals surface area (Å²) >= 11 is 5.98. The lowest BCUT2D eigenvalue weighted by molar-refractivity contribution is 1.09. The number of hydrogen-bond acceptors (Lipinski definition) is 3. The highest BCUT2D eigenvalue weighted by Gasteiger charge is 2.07. The number of hydrogen-bond donors (Lipinski definition) is 1. The number of halogens is 1. The molecule has 0 amide bonds. The predicted octanol–water partition coefficient (Wildman–Crippen LogP) is 2.66. The maximum atomic E-state index is 5.98. The van der Waals surface area contributed by atoms with Crippen LogP contribution in [0.3, 0.4) is 0 Å². The molecule has 0 atom stereocenters. The molecule has 3 rings (SSSR count). The Hall–Kier alpha value is -2.07. The van der Waals surface area contributed by atoms with E-state index in [0.29, 0.717) is 10.7 Å². The third-order valence-electron chi connectivity index (χ3n) is 2.59. The Kier molecular flexibility index (Phi) is 2.23. The van der Waals surface area contributed by atoms with E-state index in [0.717, 1.165) is 16.9 Å². The van der Waals surface area contributed by atoms with E-state index >= 15 is 0 Å². The second-order valence-electron chi connectivity index (χ2n) is 3.68. The van der Waals surface area contributed by atoms with Crippen molar-refractivity contribution in [3.63, 3.8) is 0 Å². The molecular formula is C12H9ClN4. The molecule has 0 aliphatic heterocycles. The van der Waals surface area contributed by atoms with E-state index in [1.165, 1.54) is 0 Å². The van der Waals surface area contributed by atoms with Crippen molar-refractivity contribution < 1.29 is 0 Å². The topological polar surface area (TPSA) is 56.7 Å². The highest BCUT2D eigenvalue weighted by Crippen LogP contribution is 2.22. The molecule has 2 heterocycles. The summed E-state index contributed by atoms with van der Waals surface area (Å²) in [5.74, 6) is 0. The van der Waals surface area contributed by atoms with Crippen molar-refractivity contribution in [2.24, 2.45) is 0 Å². The minimum Gasteiger partial charge on any atom is -0.399 e. The number of pyridine rings is 1. The van der Waals surface area contributed by atoms with Crippen molar-refractivity contribution in [1.29, 1.82) is 0 Å². The number of nitrogens with two attached hydrogens (primary N) is 1. The van der Waals surface area contributed by atoms with Crippen molar-refractivity contribution in [3.8, 4) is 5.69 Å². The van der Waals surface area contributed by atoms with Gasteiger partial charge >= 0.3 is 0 Å². The molecule has 4 nitrogen and oxygen atoms in total. The van der Waals surface area contributed by atoms with Gasteiger partial charge in [0, 0.05) is 17.6 Å². The zero-order valence-electron chi connectivity index (χ0n) is 8.84. The fourth-order valence-electron chi connectivity index (χ4n) is 1.75. The average Bonchev–Trinajstić information content (AvgIpc) is 2.75. The summed E-state index contributed by atoms with van der Waals surface area (Å²) in [6.07, 6.45) is 3.39. The number of anilines is 1. The van der Waals surface area contributed by atoms with E-state index in [2.05, 4.69) is 9.97 Å². The number of aromatic nitrogens is 3. The van der Waals surface area contributed by atoms with Crippen molar-refractivity contribution in [1.82, 2.24) is 14.5 Å². The van der Waals surface area contributed by atoms with E-state index in [1.807, 2.05) is 34.9 Å². The van der Waals surface area contributed by atoms with Crippen molar-refractivity contribution >= 4 is 28.3 Å². The molecule has 0 bridgehead atoms. The van der Waals surface area contributed by atoms with Crippen LogP contribution in [0.1, 0.15) is 0 Å². The van der Waals surface area contributed by atoms with Gasteiger partial charge in [-0.25, -0.2) is 9.97 Å². The fourth-order valence-corrected chi connectivity index (χ4v) is 1.95. The van der Waals surface area contributed by atoms with Crippen LogP contribution < -0.4 is 5.73 Å². The first-order valence-electron chi connectivity index (χ1n) is 5.09. The van der Waals surface area contributed by atoms with Gasteiger partial charge in [0.05, 0.1) is 5.52 Å². The molecule has 17 heavy (non-hydrogen) atoms. The monoisotopic (exact) mass is 244 g/mol. The molecule has 0 unspecified atom stereocenters. The molecule has 0 radical (unpaired) electrons. The van der Waals surface area contributed by atoms with E-state index in [-0.39, 0.29) is 0 Å². The Morgan fingerprint density at radius 3 is 2.59 bits per heavy atom. The Morgan fingerprint density at radius 1 is 1.06 bits per heavy atom. The van der Waals surface area contributed by atoms with E-state index in [4.69, 9.17) is 17.3 Å². The van der Waals surface area contributed by atoms with Gasteiger partial charge < -0.3 is 5.73 Å². The standard InChI is InChI=1S/C12H9ClN4/c13-12-11-10(5-6-15-12)17(7-16-11)9-3-1-8(14)2-4-9/h1-7H,14H2. The Morgan fingerprint density at radius 2 is 1.82 bits per heavy atom. The summed E-state index contributed by atoms with van der Waals surface area (Å²) in [4.78, 5) is 8.25. The molecule has 3 aromatic rings. The smallest absolute Gasteiger partial charge is 0.156 e. The van der Waals surface area contributed by atoms with E-state index in [1.54, 1.807) is 12.5 Å². The number of rotatable bonds is 1. The predicted molar refractivity (Wildman–Crippen MR) is 68.3 cm³/mol. The van der Waals surface area contributed by atoms with Crippen molar-refractivity contribution in [2.75, 3.05) is 5.73 Å². The SMILES string of the molecule is Nc1ccc(-n2cnc3c(Cl)nccc32)cc1. The molecule has 0 fully saturated rings. The van der Waals surface area contributed by atoms with Gasteiger partial charge in [-0.05, 0) is 30.3 Å². The fraction of sp³-hybridized carbons (Fsp3) is 0. The van der Waals surface area contributed by atoms with Gasteiger partial charge in [-0.2, -0.15) is 0 Å². The highest BCUT2D eigenvalue weighted by molar-refractivity contribution is 6.33.